The number of thiazole rings is 1. The molecule has 3 N–H and O–H groups in total. The van der Waals surface area contributed by atoms with Crippen LogP contribution in [0.3, 0.4) is 0 Å². The quantitative estimate of drug-likeness (QED) is 0.738. The zero-order valence-corrected chi connectivity index (χ0v) is 10.8. The summed E-state index contributed by atoms with van der Waals surface area (Å²) in [4.78, 5) is 26.4. The Kier molecular flexibility index (Phi) is 3.93. The van der Waals surface area contributed by atoms with E-state index in [2.05, 4.69) is 15.6 Å². The molecule has 7 heteroatoms. The number of carboxylic acid groups (broad SMARTS) is 1. The molecule has 2 unspecified atom stereocenters. The Morgan fingerprint density at radius 3 is 3.00 bits per heavy atom. The van der Waals surface area contributed by atoms with Gasteiger partial charge in [-0.25, -0.2) is 9.78 Å². The van der Waals surface area contributed by atoms with Gasteiger partial charge in [0.15, 0.2) is 5.69 Å². The number of carbonyl (C=O) groups is 2. The smallest absolute Gasteiger partial charge is 0.355 e. The molecule has 6 nitrogen and oxygen atoms in total. The molecule has 2 atom stereocenters. The van der Waals surface area contributed by atoms with E-state index in [-0.39, 0.29) is 23.6 Å². The minimum absolute atomic E-state index is 0.000394. The summed E-state index contributed by atoms with van der Waals surface area (Å²) in [5, 5.41) is 16.8. The first-order valence-electron chi connectivity index (χ1n) is 5.76. The number of aromatic carboxylic acids is 1. The Morgan fingerprint density at radius 1 is 1.67 bits per heavy atom. The number of nitrogens with one attached hydrogen (secondary N) is 2. The summed E-state index contributed by atoms with van der Waals surface area (Å²) in [7, 11) is 0. The van der Waals surface area contributed by atoms with Crippen LogP contribution in [0.1, 0.15) is 28.8 Å². The maximum atomic E-state index is 11.9. The lowest BCUT2D eigenvalue weighted by Gasteiger charge is -2.14. The van der Waals surface area contributed by atoms with Crippen LogP contribution in [0, 0.1) is 5.92 Å². The molecule has 0 radical (unpaired) electrons. The molecule has 2 rings (SSSR count). The van der Waals surface area contributed by atoms with Crippen LogP contribution in [0.2, 0.25) is 0 Å². The number of rotatable bonds is 4. The second-order valence-electron chi connectivity index (χ2n) is 4.29. The summed E-state index contributed by atoms with van der Waals surface area (Å²) in [6.45, 7) is 3.14. The van der Waals surface area contributed by atoms with E-state index >= 15 is 0 Å². The van der Waals surface area contributed by atoms with Crippen molar-refractivity contribution in [2.45, 2.75) is 25.9 Å². The third-order valence-electron chi connectivity index (χ3n) is 3.05. The third-order valence-corrected chi connectivity index (χ3v) is 3.90. The summed E-state index contributed by atoms with van der Waals surface area (Å²) < 4.78 is 0. The van der Waals surface area contributed by atoms with Crippen LogP contribution in [-0.2, 0) is 11.3 Å². The van der Waals surface area contributed by atoms with Gasteiger partial charge >= 0.3 is 5.97 Å². The van der Waals surface area contributed by atoms with Crippen molar-refractivity contribution in [1.29, 1.82) is 0 Å². The number of hydrogen-bond donors (Lipinski definition) is 3. The van der Waals surface area contributed by atoms with Gasteiger partial charge in [-0.05, 0) is 19.9 Å². The highest BCUT2D eigenvalue weighted by Gasteiger charge is 2.29. The lowest BCUT2D eigenvalue weighted by atomic mass is 10.0. The Hall–Kier alpha value is -1.47. The van der Waals surface area contributed by atoms with Crippen LogP contribution in [0.15, 0.2) is 5.38 Å². The van der Waals surface area contributed by atoms with Crippen molar-refractivity contribution in [3.8, 4) is 0 Å². The fraction of sp³-hybridized carbons (Fsp3) is 0.545. The summed E-state index contributed by atoms with van der Waals surface area (Å²) in [6.07, 6.45) is 0.839. The molecule has 1 aromatic rings. The zero-order chi connectivity index (χ0) is 13.1. The Bertz CT molecular complexity index is 460. The zero-order valence-electron chi connectivity index (χ0n) is 9.97. The number of carbonyl (C=O) groups excluding carboxylic acids is 1. The molecule has 1 aromatic heterocycles. The van der Waals surface area contributed by atoms with Crippen molar-refractivity contribution in [2.24, 2.45) is 5.92 Å². The minimum Gasteiger partial charge on any atom is -0.476 e. The predicted molar refractivity (Wildman–Crippen MR) is 66.5 cm³/mol. The van der Waals surface area contributed by atoms with Crippen LogP contribution in [-0.4, -0.2) is 34.6 Å². The highest BCUT2D eigenvalue weighted by Crippen LogP contribution is 2.15. The van der Waals surface area contributed by atoms with Gasteiger partial charge in [-0.15, -0.1) is 11.3 Å². The highest BCUT2D eigenvalue weighted by molar-refractivity contribution is 7.09. The first-order valence-corrected chi connectivity index (χ1v) is 6.64. The van der Waals surface area contributed by atoms with E-state index in [4.69, 9.17) is 5.11 Å². The molecular weight excluding hydrogens is 254 g/mol. The summed E-state index contributed by atoms with van der Waals surface area (Å²) in [5.41, 5.74) is 0.0279. The second-order valence-corrected chi connectivity index (χ2v) is 5.23. The van der Waals surface area contributed by atoms with Gasteiger partial charge in [-0.3, -0.25) is 4.79 Å². The topological polar surface area (TPSA) is 91.3 Å². The van der Waals surface area contributed by atoms with Gasteiger partial charge in [0.25, 0.3) is 0 Å². The van der Waals surface area contributed by atoms with Crippen LogP contribution < -0.4 is 10.6 Å². The molecule has 98 valence electrons. The largest absolute Gasteiger partial charge is 0.476 e. The predicted octanol–water partition coefficient (Wildman–Crippen LogP) is 0.456. The van der Waals surface area contributed by atoms with Crippen LogP contribution >= 0.6 is 11.3 Å². The number of nitrogens with zero attached hydrogens (tertiary/aromatic N) is 1. The molecule has 0 aliphatic carbocycles. The standard InChI is InChI=1S/C11H15N3O3S/c1-6-7(2-3-12-6)10(15)13-4-9-14-8(5-18-9)11(16)17/h5-7,12H,2-4H2,1H3,(H,13,15)(H,16,17). The van der Waals surface area contributed by atoms with E-state index in [9.17, 15) is 9.59 Å². The van der Waals surface area contributed by atoms with Crippen LogP contribution in [0.4, 0.5) is 0 Å². The summed E-state index contributed by atoms with van der Waals surface area (Å²) in [6, 6.07) is 0.191. The molecule has 1 amide bonds. The number of aromatic nitrogens is 1. The highest BCUT2D eigenvalue weighted by atomic mass is 32.1. The van der Waals surface area contributed by atoms with E-state index < -0.39 is 5.97 Å². The van der Waals surface area contributed by atoms with E-state index in [0.29, 0.717) is 11.6 Å². The lowest BCUT2D eigenvalue weighted by molar-refractivity contribution is -0.125. The molecule has 0 saturated carbocycles. The first kappa shape index (κ1) is 13.0. The molecule has 1 saturated heterocycles. The Labute approximate surface area is 108 Å². The van der Waals surface area contributed by atoms with E-state index in [0.717, 1.165) is 13.0 Å². The summed E-state index contributed by atoms with van der Waals surface area (Å²) >= 11 is 1.24. The average Bonchev–Trinajstić information content (AvgIpc) is 2.94. The van der Waals surface area contributed by atoms with Gasteiger partial charge < -0.3 is 15.7 Å². The van der Waals surface area contributed by atoms with Crippen LogP contribution in [0.5, 0.6) is 0 Å². The van der Waals surface area contributed by atoms with E-state index in [1.54, 1.807) is 0 Å². The number of hydrogen-bond acceptors (Lipinski definition) is 5. The number of amides is 1. The molecule has 0 spiro atoms. The van der Waals surface area contributed by atoms with Crippen molar-refractivity contribution in [3.63, 3.8) is 0 Å². The first-order chi connectivity index (χ1) is 8.58. The maximum absolute atomic E-state index is 11.9. The Balaban J connectivity index is 1.87. The second kappa shape index (κ2) is 5.45. The average molecular weight is 269 g/mol. The molecular formula is C11H15N3O3S. The van der Waals surface area contributed by atoms with E-state index in [1.165, 1.54) is 16.7 Å². The van der Waals surface area contributed by atoms with Gasteiger partial charge in [0.1, 0.15) is 5.01 Å². The van der Waals surface area contributed by atoms with Crippen molar-refractivity contribution < 1.29 is 14.7 Å². The molecule has 0 bridgehead atoms. The molecule has 0 aromatic carbocycles. The van der Waals surface area contributed by atoms with Gasteiger partial charge in [0.05, 0.1) is 12.5 Å². The van der Waals surface area contributed by atoms with Crippen molar-refractivity contribution >= 4 is 23.2 Å². The van der Waals surface area contributed by atoms with Gasteiger partial charge in [-0.1, -0.05) is 0 Å². The SMILES string of the molecule is CC1NCCC1C(=O)NCc1nc(C(=O)O)cs1. The monoisotopic (exact) mass is 269 g/mol. The number of carboxylic acids is 1. The van der Waals surface area contributed by atoms with Gasteiger partial charge in [0, 0.05) is 11.4 Å². The van der Waals surface area contributed by atoms with Crippen molar-refractivity contribution in [2.75, 3.05) is 6.54 Å². The third kappa shape index (κ3) is 2.85. The van der Waals surface area contributed by atoms with Gasteiger partial charge in [0.2, 0.25) is 5.91 Å². The molecule has 1 aliphatic heterocycles. The minimum atomic E-state index is -1.04. The van der Waals surface area contributed by atoms with Gasteiger partial charge in [-0.2, -0.15) is 0 Å². The maximum Gasteiger partial charge on any atom is 0.355 e. The Morgan fingerprint density at radius 2 is 2.44 bits per heavy atom. The summed E-state index contributed by atoms with van der Waals surface area (Å²) in [5.74, 6) is -1.05. The normalized spacial score (nSPS) is 22.9. The van der Waals surface area contributed by atoms with Crippen LogP contribution in [0.25, 0.3) is 0 Å². The fourth-order valence-electron chi connectivity index (χ4n) is 2.00. The van der Waals surface area contributed by atoms with Crippen molar-refractivity contribution in [1.82, 2.24) is 15.6 Å². The van der Waals surface area contributed by atoms with Crippen molar-refractivity contribution in [3.05, 3.63) is 16.1 Å². The molecule has 2 heterocycles. The van der Waals surface area contributed by atoms with E-state index in [1.807, 2.05) is 6.92 Å². The lowest BCUT2D eigenvalue weighted by Crippen LogP contribution is -2.36. The molecule has 1 fully saturated rings. The molecule has 1 aliphatic rings. The fourth-order valence-corrected chi connectivity index (χ4v) is 2.71. The molecule has 18 heavy (non-hydrogen) atoms.